The molecule has 0 amide bonds. The Hall–Kier alpha value is -0.820. The fourth-order valence-electron chi connectivity index (χ4n) is 2.41. The van der Waals surface area contributed by atoms with Crippen LogP contribution in [0.5, 0.6) is 0 Å². The zero-order chi connectivity index (χ0) is 14.8. The zero-order valence-electron chi connectivity index (χ0n) is 13.9. The Bertz CT molecular complexity index is 337. The second-order valence-corrected chi connectivity index (χ2v) is 6.67. The third kappa shape index (κ3) is 7.69. The quantitative estimate of drug-likeness (QED) is 0.555. The van der Waals surface area contributed by atoms with Gasteiger partial charge < -0.3 is 5.32 Å². The SMILES string of the molecule is CC(C)CCCCCCNCc1ccc(C(C)C)cc1. The van der Waals surface area contributed by atoms with Crippen molar-refractivity contribution in [2.24, 2.45) is 5.92 Å². The first kappa shape index (κ1) is 17.2. The Morgan fingerprint density at radius 2 is 1.50 bits per heavy atom. The van der Waals surface area contributed by atoms with Gasteiger partial charge in [-0.25, -0.2) is 0 Å². The van der Waals surface area contributed by atoms with Crippen LogP contribution in [-0.4, -0.2) is 6.54 Å². The molecule has 0 aliphatic heterocycles. The molecule has 1 aromatic rings. The topological polar surface area (TPSA) is 12.0 Å². The van der Waals surface area contributed by atoms with Crippen LogP contribution in [0.4, 0.5) is 0 Å². The average Bonchev–Trinajstić information content (AvgIpc) is 2.42. The summed E-state index contributed by atoms with van der Waals surface area (Å²) in [5.74, 6) is 1.49. The maximum Gasteiger partial charge on any atom is 0.0205 e. The summed E-state index contributed by atoms with van der Waals surface area (Å²) in [4.78, 5) is 0. The molecular formula is C19H33N. The highest BCUT2D eigenvalue weighted by molar-refractivity contribution is 5.24. The minimum absolute atomic E-state index is 0.628. The van der Waals surface area contributed by atoms with E-state index >= 15 is 0 Å². The van der Waals surface area contributed by atoms with Crippen LogP contribution in [0.3, 0.4) is 0 Å². The van der Waals surface area contributed by atoms with Crippen LogP contribution in [0.25, 0.3) is 0 Å². The molecule has 1 nitrogen and oxygen atoms in total. The van der Waals surface area contributed by atoms with Gasteiger partial charge in [0.2, 0.25) is 0 Å². The van der Waals surface area contributed by atoms with Crippen molar-refractivity contribution in [3.8, 4) is 0 Å². The Kier molecular flexibility index (Phi) is 8.60. The normalized spacial score (nSPS) is 11.5. The van der Waals surface area contributed by atoms with Crippen LogP contribution < -0.4 is 5.32 Å². The highest BCUT2D eigenvalue weighted by atomic mass is 14.8. The maximum absolute atomic E-state index is 3.55. The molecule has 1 aromatic carbocycles. The molecule has 0 saturated heterocycles. The molecule has 0 saturated carbocycles. The molecule has 114 valence electrons. The minimum Gasteiger partial charge on any atom is -0.313 e. The summed E-state index contributed by atoms with van der Waals surface area (Å²) in [5.41, 5.74) is 2.83. The van der Waals surface area contributed by atoms with Gasteiger partial charge in [0.05, 0.1) is 0 Å². The first-order valence-corrected chi connectivity index (χ1v) is 8.39. The molecule has 0 aliphatic rings. The fourth-order valence-corrected chi connectivity index (χ4v) is 2.41. The van der Waals surface area contributed by atoms with E-state index in [4.69, 9.17) is 0 Å². The van der Waals surface area contributed by atoms with E-state index in [2.05, 4.69) is 57.3 Å². The molecule has 1 N–H and O–H groups in total. The second kappa shape index (κ2) is 9.99. The molecule has 0 aromatic heterocycles. The van der Waals surface area contributed by atoms with Gasteiger partial charge in [0.25, 0.3) is 0 Å². The lowest BCUT2D eigenvalue weighted by Crippen LogP contribution is -2.14. The van der Waals surface area contributed by atoms with Gasteiger partial charge in [-0.15, -0.1) is 0 Å². The highest BCUT2D eigenvalue weighted by Crippen LogP contribution is 2.14. The van der Waals surface area contributed by atoms with Crippen molar-refractivity contribution in [1.82, 2.24) is 5.32 Å². The minimum atomic E-state index is 0.628. The van der Waals surface area contributed by atoms with Crippen LogP contribution in [0.15, 0.2) is 24.3 Å². The average molecular weight is 275 g/mol. The van der Waals surface area contributed by atoms with Crippen molar-refractivity contribution in [3.63, 3.8) is 0 Å². The maximum atomic E-state index is 3.55. The van der Waals surface area contributed by atoms with E-state index in [1.807, 2.05) is 0 Å². The van der Waals surface area contributed by atoms with Crippen molar-refractivity contribution in [3.05, 3.63) is 35.4 Å². The molecule has 0 unspecified atom stereocenters. The summed E-state index contributed by atoms with van der Waals surface area (Å²) in [6, 6.07) is 9.02. The van der Waals surface area contributed by atoms with Gasteiger partial charge in [-0.05, 0) is 35.9 Å². The van der Waals surface area contributed by atoms with Crippen LogP contribution >= 0.6 is 0 Å². The van der Waals surface area contributed by atoms with Crippen molar-refractivity contribution >= 4 is 0 Å². The smallest absolute Gasteiger partial charge is 0.0205 e. The van der Waals surface area contributed by atoms with Gasteiger partial charge in [-0.2, -0.15) is 0 Å². The van der Waals surface area contributed by atoms with Crippen molar-refractivity contribution < 1.29 is 0 Å². The lowest BCUT2D eigenvalue weighted by Gasteiger charge is -2.08. The van der Waals surface area contributed by atoms with E-state index in [0.29, 0.717) is 5.92 Å². The molecule has 0 atom stereocenters. The van der Waals surface area contributed by atoms with E-state index in [9.17, 15) is 0 Å². The summed E-state index contributed by atoms with van der Waals surface area (Å²) < 4.78 is 0. The number of nitrogens with one attached hydrogen (secondary N) is 1. The van der Waals surface area contributed by atoms with E-state index < -0.39 is 0 Å². The van der Waals surface area contributed by atoms with Gasteiger partial charge in [-0.1, -0.05) is 77.6 Å². The first-order chi connectivity index (χ1) is 9.59. The van der Waals surface area contributed by atoms with Gasteiger partial charge in [-0.3, -0.25) is 0 Å². The number of unbranched alkanes of at least 4 members (excludes halogenated alkanes) is 3. The first-order valence-electron chi connectivity index (χ1n) is 8.39. The predicted molar refractivity (Wildman–Crippen MR) is 90.2 cm³/mol. The molecule has 0 fully saturated rings. The lowest BCUT2D eigenvalue weighted by molar-refractivity contribution is 0.512. The number of rotatable bonds is 10. The molecule has 0 bridgehead atoms. The van der Waals surface area contributed by atoms with Crippen LogP contribution in [0, 0.1) is 5.92 Å². The van der Waals surface area contributed by atoms with E-state index in [0.717, 1.165) is 19.0 Å². The molecule has 0 heterocycles. The largest absolute Gasteiger partial charge is 0.313 e. The molecule has 0 aliphatic carbocycles. The molecular weight excluding hydrogens is 242 g/mol. The number of hydrogen-bond donors (Lipinski definition) is 1. The lowest BCUT2D eigenvalue weighted by atomic mass is 10.0. The van der Waals surface area contributed by atoms with Crippen LogP contribution in [-0.2, 0) is 6.54 Å². The summed E-state index contributed by atoms with van der Waals surface area (Å²) in [5, 5.41) is 3.55. The Morgan fingerprint density at radius 1 is 0.850 bits per heavy atom. The van der Waals surface area contributed by atoms with Crippen LogP contribution in [0.2, 0.25) is 0 Å². The Morgan fingerprint density at radius 3 is 2.10 bits per heavy atom. The Labute approximate surface area is 126 Å². The highest BCUT2D eigenvalue weighted by Gasteiger charge is 1.99. The van der Waals surface area contributed by atoms with Crippen molar-refractivity contribution in [1.29, 1.82) is 0 Å². The van der Waals surface area contributed by atoms with Gasteiger partial charge >= 0.3 is 0 Å². The monoisotopic (exact) mass is 275 g/mol. The number of hydrogen-bond acceptors (Lipinski definition) is 1. The summed E-state index contributed by atoms with van der Waals surface area (Å²) in [6.07, 6.45) is 6.85. The fraction of sp³-hybridized carbons (Fsp3) is 0.684. The summed E-state index contributed by atoms with van der Waals surface area (Å²) >= 11 is 0. The molecule has 1 rings (SSSR count). The van der Waals surface area contributed by atoms with E-state index in [1.54, 1.807) is 0 Å². The number of benzene rings is 1. The van der Waals surface area contributed by atoms with Gasteiger partial charge in [0.15, 0.2) is 0 Å². The third-order valence-electron chi connectivity index (χ3n) is 3.86. The second-order valence-electron chi connectivity index (χ2n) is 6.67. The molecule has 0 radical (unpaired) electrons. The van der Waals surface area contributed by atoms with Crippen LogP contribution in [0.1, 0.15) is 76.8 Å². The van der Waals surface area contributed by atoms with Crippen molar-refractivity contribution in [2.45, 2.75) is 72.3 Å². The van der Waals surface area contributed by atoms with Gasteiger partial charge in [0.1, 0.15) is 0 Å². The summed E-state index contributed by atoms with van der Waals surface area (Å²) in [6.45, 7) is 11.3. The summed E-state index contributed by atoms with van der Waals surface area (Å²) in [7, 11) is 0. The van der Waals surface area contributed by atoms with Crippen molar-refractivity contribution in [2.75, 3.05) is 6.54 Å². The zero-order valence-corrected chi connectivity index (χ0v) is 13.9. The standard InChI is InChI=1S/C19H33N/c1-16(2)9-7-5-6-8-14-20-15-18-10-12-19(13-11-18)17(3)4/h10-13,16-17,20H,5-9,14-15H2,1-4H3. The molecule has 1 heteroatoms. The predicted octanol–water partition coefficient (Wildman–Crippen LogP) is 5.51. The van der Waals surface area contributed by atoms with Gasteiger partial charge in [0, 0.05) is 6.54 Å². The molecule has 20 heavy (non-hydrogen) atoms. The third-order valence-corrected chi connectivity index (χ3v) is 3.86. The Balaban J connectivity index is 2.03. The molecule has 0 spiro atoms. The van der Waals surface area contributed by atoms with E-state index in [1.165, 1.54) is 43.2 Å². The van der Waals surface area contributed by atoms with E-state index in [-0.39, 0.29) is 0 Å².